The minimum atomic E-state index is -1.34. The van der Waals surface area contributed by atoms with Crippen molar-refractivity contribution in [3.05, 3.63) is 12.8 Å². The van der Waals surface area contributed by atoms with E-state index in [4.69, 9.17) is 23.7 Å². The summed E-state index contributed by atoms with van der Waals surface area (Å²) in [7, 11) is 0. The van der Waals surface area contributed by atoms with Crippen LogP contribution in [0.4, 0.5) is 0 Å². The molecule has 1 atom stereocenters. The number of hydrogen-bond acceptors (Lipinski definition) is 5. The number of rotatable bonds is 11. The predicted octanol–water partition coefficient (Wildman–Crippen LogP) is 2.27. The average molecular weight is 248 g/mol. The van der Waals surface area contributed by atoms with E-state index in [1.165, 1.54) is 6.26 Å². The average Bonchev–Trinajstić information content (AvgIpc) is 2.29. The summed E-state index contributed by atoms with van der Waals surface area (Å²) in [4.78, 5) is 0. The Labute approximate surface area is 104 Å². The van der Waals surface area contributed by atoms with Gasteiger partial charge in [-0.3, -0.25) is 0 Å². The zero-order valence-electron chi connectivity index (χ0n) is 11.2. The predicted molar refractivity (Wildman–Crippen MR) is 64.3 cm³/mol. The maximum absolute atomic E-state index is 5.54. The molecule has 0 amide bonds. The molecule has 5 nitrogen and oxygen atoms in total. The molecule has 0 aromatic carbocycles. The van der Waals surface area contributed by atoms with Crippen molar-refractivity contribution in [1.29, 1.82) is 0 Å². The van der Waals surface area contributed by atoms with Crippen LogP contribution >= 0.6 is 0 Å². The molecule has 0 aliphatic heterocycles. The molecule has 102 valence electrons. The van der Waals surface area contributed by atoms with Gasteiger partial charge in [-0.2, -0.15) is 0 Å². The van der Waals surface area contributed by atoms with E-state index in [0.29, 0.717) is 26.4 Å². The molecule has 0 saturated heterocycles. The van der Waals surface area contributed by atoms with Crippen LogP contribution in [0.25, 0.3) is 0 Å². The van der Waals surface area contributed by atoms with Crippen LogP contribution in [0.15, 0.2) is 12.8 Å². The second kappa shape index (κ2) is 9.41. The molecule has 0 heterocycles. The third kappa shape index (κ3) is 5.04. The normalized spacial score (nSPS) is 13.4. The largest absolute Gasteiger partial charge is 0.465 e. The Balaban J connectivity index is 4.93. The SMILES string of the molecule is C=COC(OCC)C(OCC)(OCC)OCC. The molecule has 0 bridgehead atoms. The minimum Gasteiger partial charge on any atom is -0.465 e. The van der Waals surface area contributed by atoms with E-state index in [0.717, 1.165) is 0 Å². The Kier molecular flexibility index (Phi) is 9.07. The fourth-order valence-electron chi connectivity index (χ4n) is 1.40. The van der Waals surface area contributed by atoms with Gasteiger partial charge in [0.2, 0.25) is 0 Å². The van der Waals surface area contributed by atoms with Crippen LogP contribution < -0.4 is 0 Å². The lowest BCUT2D eigenvalue weighted by Crippen LogP contribution is -2.52. The molecule has 17 heavy (non-hydrogen) atoms. The van der Waals surface area contributed by atoms with E-state index < -0.39 is 12.3 Å². The molecule has 0 aromatic rings. The van der Waals surface area contributed by atoms with Crippen LogP contribution in [0.5, 0.6) is 0 Å². The van der Waals surface area contributed by atoms with Gasteiger partial charge in [-0.25, -0.2) is 0 Å². The van der Waals surface area contributed by atoms with Crippen LogP contribution in [-0.2, 0) is 23.7 Å². The quantitative estimate of drug-likeness (QED) is 0.414. The van der Waals surface area contributed by atoms with Gasteiger partial charge in [0.15, 0.2) is 0 Å². The molecule has 0 aliphatic carbocycles. The first-order valence-electron chi connectivity index (χ1n) is 6.00. The summed E-state index contributed by atoms with van der Waals surface area (Å²) < 4.78 is 27.3. The first-order chi connectivity index (χ1) is 8.20. The van der Waals surface area contributed by atoms with Gasteiger partial charge in [-0.05, 0) is 27.7 Å². The fraction of sp³-hybridized carbons (Fsp3) is 0.833. The minimum absolute atomic E-state index is 0.421. The Hall–Kier alpha value is -0.620. The lowest BCUT2D eigenvalue weighted by Gasteiger charge is -2.36. The highest BCUT2D eigenvalue weighted by Crippen LogP contribution is 2.24. The molecule has 0 aliphatic rings. The second-order valence-electron chi connectivity index (χ2n) is 2.99. The third-order valence-electron chi connectivity index (χ3n) is 1.86. The van der Waals surface area contributed by atoms with E-state index in [1.807, 2.05) is 27.7 Å². The van der Waals surface area contributed by atoms with Crippen molar-refractivity contribution in [3.8, 4) is 0 Å². The van der Waals surface area contributed by atoms with E-state index >= 15 is 0 Å². The van der Waals surface area contributed by atoms with Crippen LogP contribution in [0.1, 0.15) is 27.7 Å². The summed E-state index contributed by atoms with van der Waals surface area (Å²) in [6, 6.07) is 0. The lowest BCUT2D eigenvalue weighted by molar-refractivity contribution is -0.447. The highest BCUT2D eigenvalue weighted by molar-refractivity contribution is 4.67. The van der Waals surface area contributed by atoms with Crippen LogP contribution in [0, 0.1) is 0 Å². The van der Waals surface area contributed by atoms with Gasteiger partial charge in [0.05, 0.1) is 6.26 Å². The lowest BCUT2D eigenvalue weighted by atomic mass is 10.5. The van der Waals surface area contributed by atoms with Gasteiger partial charge in [-0.1, -0.05) is 6.58 Å². The Morgan fingerprint density at radius 2 is 1.41 bits per heavy atom. The summed E-state index contributed by atoms with van der Waals surface area (Å²) in [5.41, 5.74) is 0. The van der Waals surface area contributed by atoms with E-state index in [-0.39, 0.29) is 0 Å². The number of hydrogen-bond donors (Lipinski definition) is 0. The highest BCUT2D eigenvalue weighted by atomic mass is 16.9. The first-order valence-corrected chi connectivity index (χ1v) is 6.00. The van der Waals surface area contributed by atoms with Crippen molar-refractivity contribution < 1.29 is 23.7 Å². The van der Waals surface area contributed by atoms with Crippen LogP contribution in [0.2, 0.25) is 0 Å². The standard InChI is InChI=1S/C12H24O5/c1-6-13-11(14-7-2)12(15-8-3,16-9-4)17-10-5/h6,11H,1,7-10H2,2-5H3. The van der Waals surface area contributed by atoms with Gasteiger partial charge in [0, 0.05) is 26.4 Å². The van der Waals surface area contributed by atoms with Gasteiger partial charge in [0.25, 0.3) is 6.29 Å². The first kappa shape index (κ1) is 16.4. The van der Waals surface area contributed by atoms with Crippen molar-refractivity contribution in [2.75, 3.05) is 26.4 Å². The summed E-state index contributed by atoms with van der Waals surface area (Å²) in [6.07, 6.45) is 0.483. The zero-order chi connectivity index (χ0) is 13.1. The molecular weight excluding hydrogens is 224 g/mol. The van der Waals surface area contributed by atoms with Crippen molar-refractivity contribution in [3.63, 3.8) is 0 Å². The molecule has 0 saturated carbocycles. The van der Waals surface area contributed by atoms with Crippen molar-refractivity contribution in [2.24, 2.45) is 0 Å². The molecule has 0 fully saturated rings. The van der Waals surface area contributed by atoms with Crippen LogP contribution in [0.3, 0.4) is 0 Å². The van der Waals surface area contributed by atoms with E-state index in [9.17, 15) is 0 Å². The molecule has 5 heteroatoms. The van der Waals surface area contributed by atoms with Gasteiger partial charge < -0.3 is 23.7 Å². The molecule has 0 rings (SSSR count). The maximum atomic E-state index is 5.54. The Morgan fingerprint density at radius 1 is 0.941 bits per heavy atom. The maximum Gasteiger partial charge on any atom is 0.349 e. The topological polar surface area (TPSA) is 46.2 Å². The van der Waals surface area contributed by atoms with Crippen LogP contribution in [-0.4, -0.2) is 38.7 Å². The van der Waals surface area contributed by atoms with Gasteiger partial charge in [0.1, 0.15) is 0 Å². The van der Waals surface area contributed by atoms with Gasteiger partial charge >= 0.3 is 5.97 Å². The summed E-state index contributed by atoms with van der Waals surface area (Å²) >= 11 is 0. The van der Waals surface area contributed by atoms with E-state index in [1.54, 1.807) is 0 Å². The van der Waals surface area contributed by atoms with E-state index in [2.05, 4.69) is 6.58 Å². The summed E-state index contributed by atoms with van der Waals surface area (Å²) in [6.45, 7) is 12.6. The zero-order valence-corrected chi connectivity index (χ0v) is 11.2. The molecular formula is C12H24O5. The molecule has 0 N–H and O–H groups in total. The Morgan fingerprint density at radius 3 is 1.71 bits per heavy atom. The van der Waals surface area contributed by atoms with Crippen molar-refractivity contribution in [2.45, 2.75) is 40.0 Å². The number of ether oxygens (including phenoxy) is 5. The summed E-state index contributed by atoms with van der Waals surface area (Å²) in [5.74, 6) is -1.34. The second-order valence-corrected chi connectivity index (χ2v) is 2.99. The van der Waals surface area contributed by atoms with Crippen molar-refractivity contribution in [1.82, 2.24) is 0 Å². The monoisotopic (exact) mass is 248 g/mol. The fourth-order valence-corrected chi connectivity index (χ4v) is 1.40. The Bertz CT molecular complexity index is 178. The third-order valence-corrected chi connectivity index (χ3v) is 1.86. The van der Waals surface area contributed by atoms with Crippen molar-refractivity contribution >= 4 is 0 Å². The van der Waals surface area contributed by atoms with Gasteiger partial charge in [-0.15, -0.1) is 0 Å². The molecule has 0 aromatic heterocycles. The summed E-state index contributed by atoms with van der Waals surface area (Å²) in [5, 5.41) is 0. The smallest absolute Gasteiger partial charge is 0.349 e. The molecule has 1 unspecified atom stereocenters. The molecule has 0 spiro atoms. The molecule has 0 radical (unpaired) electrons. The highest BCUT2D eigenvalue weighted by Gasteiger charge is 2.45.